The number of fused-ring (bicyclic) bond motifs is 1. The molecule has 0 spiro atoms. The molecule has 0 atom stereocenters. The average Bonchev–Trinajstić information content (AvgIpc) is 2.39. The minimum absolute atomic E-state index is 0.994. The molecule has 1 heterocycles. The maximum absolute atomic E-state index is 3.43. The number of hydrogen-bond acceptors (Lipinski definition) is 1. The molecule has 1 aliphatic rings. The summed E-state index contributed by atoms with van der Waals surface area (Å²) in [6.07, 6.45) is 3.50. The number of nitrogens with one attached hydrogen (secondary N) is 1. The number of hydrogen-bond donors (Lipinski definition) is 1. The minimum atomic E-state index is 0.994. The summed E-state index contributed by atoms with van der Waals surface area (Å²) >= 11 is 0. The summed E-state index contributed by atoms with van der Waals surface area (Å²) < 4.78 is 0. The molecule has 0 amide bonds. The van der Waals surface area contributed by atoms with Gasteiger partial charge in [-0.25, -0.2) is 0 Å². The molecule has 0 unspecified atom stereocenters. The first-order chi connectivity index (χ1) is 7.95. The van der Waals surface area contributed by atoms with Gasteiger partial charge in [-0.1, -0.05) is 48.5 Å². The van der Waals surface area contributed by atoms with Crippen LogP contribution in [0.25, 0.3) is 16.3 Å². The van der Waals surface area contributed by atoms with E-state index in [1.54, 1.807) is 0 Å². The van der Waals surface area contributed by atoms with E-state index < -0.39 is 0 Å². The summed E-state index contributed by atoms with van der Waals surface area (Å²) in [7, 11) is 0. The average molecular weight is 209 g/mol. The van der Waals surface area contributed by atoms with E-state index in [4.69, 9.17) is 0 Å². The van der Waals surface area contributed by atoms with Crippen LogP contribution in [0.4, 0.5) is 0 Å². The molecular formula is C15H15N. The molecule has 0 fully saturated rings. The minimum Gasteiger partial charge on any atom is -0.312 e. The summed E-state index contributed by atoms with van der Waals surface area (Å²) in [5.74, 6) is 0. The molecule has 3 rings (SSSR count). The van der Waals surface area contributed by atoms with Gasteiger partial charge in [0.15, 0.2) is 0 Å². The van der Waals surface area contributed by atoms with Crippen molar-refractivity contribution in [2.45, 2.75) is 6.42 Å². The van der Waals surface area contributed by atoms with Gasteiger partial charge in [0.2, 0.25) is 0 Å². The maximum Gasteiger partial charge on any atom is 0.0208 e. The lowest BCUT2D eigenvalue weighted by atomic mass is 9.96. The van der Waals surface area contributed by atoms with Crippen LogP contribution in [0.5, 0.6) is 0 Å². The Morgan fingerprint density at radius 2 is 1.81 bits per heavy atom. The van der Waals surface area contributed by atoms with Crippen LogP contribution in [0.15, 0.2) is 48.5 Å². The molecule has 0 radical (unpaired) electrons. The van der Waals surface area contributed by atoms with E-state index in [0.29, 0.717) is 0 Å². The highest BCUT2D eigenvalue weighted by atomic mass is 14.9. The van der Waals surface area contributed by atoms with Crippen LogP contribution in [0.2, 0.25) is 0 Å². The monoisotopic (exact) mass is 209 g/mol. The molecule has 1 nitrogen and oxygen atoms in total. The van der Waals surface area contributed by atoms with E-state index in [2.05, 4.69) is 53.9 Å². The summed E-state index contributed by atoms with van der Waals surface area (Å²) in [5, 5.41) is 6.12. The quantitative estimate of drug-likeness (QED) is 0.760. The highest BCUT2D eigenvalue weighted by molar-refractivity contribution is 5.94. The van der Waals surface area contributed by atoms with Gasteiger partial charge in [-0.15, -0.1) is 0 Å². The third-order valence-corrected chi connectivity index (χ3v) is 3.16. The van der Waals surface area contributed by atoms with E-state index in [-0.39, 0.29) is 0 Å². The van der Waals surface area contributed by atoms with Gasteiger partial charge >= 0.3 is 0 Å². The van der Waals surface area contributed by atoms with Gasteiger partial charge in [0, 0.05) is 6.54 Å². The highest BCUT2D eigenvalue weighted by Crippen LogP contribution is 2.25. The van der Waals surface area contributed by atoms with Crippen molar-refractivity contribution in [3.63, 3.8) is 0 Å². The van der Waals surface area contributed by atoms with Crippen LogP contribution in [0.3, 0.4) is 0 Å². The molecule has 1 aliphatic heterocycles. The van der Waals surface area contributed by atoms with E-state index in [1.807, 2.05) is 0 Å². The molecule has 0 saturated carbocycles. The lowest BCUT2D eigenvalue weighted by molar-refractivity contribution is 0.739. The molecule has 0 saturated heterocycles. The van der Waals surface area contributed by atoms with E-state index in [9.17, 15) is 0 Å². The molecule has 2 aromatic carbocycles. The van der Waals surface area contributed by atoms with Crippen LogP contribution in [-0.2, 0) is 0 Å². The van der Waals surface area contributed by atoms with Gasteiger partial charge in [0.1, 0.15) is 0 Å². The van der Waals surface area contributed by atoms with Crippen molar-refractivity contribution in [2.24, 2.45) is 0 Å². The Bertz CT molecular complexity index is 535. The topological polar surface area (TPSA) is 12.0 Å². The van der Waals surface area contributed by atoms with Crippen molar-refractivity contribution in [3.8, 4) is 0 Å². The number of benzene rings is 2. The van der Waals surface area contributed by atoms with Crippen LogP contribution >= 0.6 is 0 Å². The van der Waals surface area contributed by atoms with Gasteiger partial charge in [-0.05, 0) is 34.9 Å². The van der Waals surface area contributed by atoms with E-state index in [0.717, 1.165) is 19.5 Å². The summed E-state index contributed by atoms with van der Waals surface area (Å²) in [6, 6.07) is 15.1. The zero-order valence-corrected chi connectivity index (χ0v) is 9.24. The number of rotatable bonds is 1. The molecule has 0 bridgehead atoms. The Kier molecular flexibility index (Phi) is 2.47. The van der Waals surface area contributed by atoms with Crippen molar-refractivity contribution < 1.29 is 0 Å². The molecule has 0 aliphatic carbocycles. The van der Waals surface area contributed by atoms with Gasteiger partial charge in [-0.3, -0.25) is 0 Å². The lowest BCUT2D eigenvalue weighted by Gasteiger charge is -2.16. The predicted molar refractivity (Wildman–Crippen MR) is 69.4 cm³/mol. The first kappa shape index (κ1) is 9.61. The molecule has 16 heavy (non-hydrogen) atoms. The van der Waals surface area contributed by atoms with Gasteiger partial charge in [-0.2, -0.15) is 0 Å². The predicted octanol–water partition coefficient (Wildman–Crippen LogP) is 3.22. The molecule has 2 aromatic rings. The van der Waals surface area contributed by atoms with Crippen LogP contribution in [-0.4, -0.2) is 13.1 Å². The second-order valence-corrected chi connectivity index (χ2v) is 4.22. The van der Waals surface area contributed by atoms with Crippen molar-refractivity contribution in [1.29, 1.82) is 0 Å². The van der Waals surface area contributed by atoms with Gasteiger partial charge < -0.3 is 5.32 Å². The SMILES string of the molecule is C1=C(c2cccc3ccccc23)CNCC1. The lowest BCUT2D eigenvalue weighted by Crippen LogP contribution is -2.21. The fourth-order valence-corrected chi connectivity index (χ4v) is 2.35. The van der Waals surface area contributed by atoms with Crippen molar-refractivity contribution >= 4 is 16.3 Å². The van der Waals surface area contributed by atoms with E-state index in [1.165, 1.54) is 21.9 Å². The van der Waals surface area contributed by atoms with Gasteiger partial charge in [0.05, 0.1) is 0 Å². The Balaban J connectivity index is 2.19. The molecule has 0 aromatic heterocycles. The Morgan fingerprint density at radius 3 is 2.69 bits per heavy atom. The molecule has 80 valence electrons. The summed E-state index contributed by atoms with van der Waals surface area (Å²) in [4.78, 5) is 0. The summed E-state index contributed by atoms with van der Waals surface area (Å²) in [5.41, 5.74) is 2.81. The van der Waals surface area contributed by atoms with Crippen molar-refractivity contribution in [2.75, 3.05) is 13.1 Å². The normalized spacial score (nSPS) is 16.1. The second-order valence-electron chi connectivity index (χ2n) is 4.22. The van der Waals surface area contributed by atoms with Gasteiger partial charge in [0.25, 0.3) is 0 Å². The largest absolute Gasteiger partial charge is 0.312 e. The van der Waals surface area contributed by atoms with Crippen molar-refractivity contribution in [3.05, 3.63) is 54.1 Å². The first-order valence-electron chi connectivity index (χ1n) is 5.83. The van der Waals surface area contributed by atoms with Crippen LogP contribution in [0.1, 0.15) is 12.0 Å². The zero-order valence-electron chi connectivity index (χ0n) is 9.24. The standard InChI is InChI=1S/C15H15N/c1-2-8-14-12(5-1)6-3-9-15(14)13-7-4-10-16-11-13/h1-3,5-9,16H,4,10-11H2. The van der Waals surface area contributed by atoms with Crippen LogP contribution < -0.4 is 5.32 Å². The fraction of sp³-hybridized carbons (Fsp3) is 0.200. The second kappa shape index (κ2) is 4.11. The first-order valence-corrected chi connectivity index (χ1v) is 5.83. The smallest absolute Gasteiger partial charge is 0.0208 e. The fourth-order valence-electron chi connectivity index (χ4n) is 2.35. The third-order valence-electron chi connectivity index (χ3n) is 3.16. The Labute approximate surface area is 95.8 Å². The molecule has 1 heteroatoms. The molecule has 1 N–H and O–H groups in total. The third kappa shape index (κ3) is 1.63. The highest BCUT2D eigenvalue weighted by Gasteiger charge is 2.08. The Hall–Kier alpha value is -1.60. The van der Waals surface area contributed by atoms with E-state index >= 15 is 0 Å². The van der Waals surface area contributed by atoms with Crippen molar-refractivity contribution in [1.82, 2.24) is 5.32 Å². The maximum atomic E-state index is 3.43. The summed E-state index contributed by atoms with van der Waals surface area (Å²) in [6.45, 7) is 2.10. The Morgan fingerprint density at radius 1 is 0.938 bits per heavy atom. The zero-order chi connectivity index (χ0) is 10.8. The molecular weight excluding hydrogens is 194 g/mol. The van der Waals surface area contributed by atoms with Crippen LogP contribution in [0, 0.1) is 0 Å².